The fraction of sp³-hybridized carbons (Fsp3) is 0.286. The molecule has 6 nitrogen and oxygen atoms in total. The van der Waals surface area contributed by atoms with Crippen LogP contribution >= 0.6 is 27.5 Å². The molecule has 0 spiro atoms. The highest BCUT2D eigenvalue weighted by atomic mass is 79.9. The summed E-state index contributed by atoms with van der Waals surface area (Å²) in [6.07, 6.45) is 0.0619. The van der Waals surface area contributed by atoms with Gasteiger partial charge >= 0.3 is 5.97 Å². The highest BCUT2D eigenvalue weighted by Gasteiger charge is 2.37. The van der Waals surface area contributed by atoms with Crippen molar-refractivity contribution in [2.75, 3.05) is 23.4 Å². The second kappa shape index (κ2) is 8.97. The summed E-state index contributed by atoms with van der Waals surface area (Å²) in [4.78, 5) is 38.5. The first-order chi connectivity index (χ1) is 13.8. The summed E-state index contributed by atoms with van der Waals surface area (Å²) in [5, 5.41) is 2.96. The second-order valence-electron chi connectivity index (χ2n) is 6.90. The van der Waals surface area contributed by atoms with Gasteiger partial charge in [0.05, 0.1) is 16.6 Å². The van der Waals surface area contributed by atoms with Crippen molar-refractivity contribution in [3.8, 4) is 0 Å². The van der Waals surface area contributed by atoms with Crippen LogP contribution in [0.3, 0.4) is 0 Å². The van der Waals surface area contributed by atoms with E-state index >= 15 is 0 Å². The Morgan fingerprint density at radius 2 is 2.03 bits per heavy atom. The van der Waals surface area contributed by atoms with Crippen molar-refractivity contribution in [2.24, 2.45) is 5.92 Å². The standard InChI is InChI=1S/C21H20BrClN2O4/c1-12-4-3-5-18(13(12)2)25-10-14(8-20(25)27)21(28)29-11-19(26)24-17-7-6-15(22)9-16(17)23/h3-7,9,14H,8,10-11H2,1-2H3,(H,24,26)/t14-/m0/s1. The maximum atomic E-state index is 12.4. The van der Waals surface area contributed by atoms with Crippen molar-refractivity contribution in [1.82, 2.24) is 0 Å². The number of aryl methyl sites for hydroxylation is 1. The molecule has 2 amide bonds. The molecule has 0 aromatic heterocycles. The summed E-state index contributed by atoms with van der Waals surface area (Å²) in [6, 6.07) is 10.7. The van der Waals surface area contributed by atoms with Gasteiger partial charge in [0.15, 0.2) is 6.61 Å². The zero-order valence-corrected chi connectivity index (χ0v) is 18.3. The van der Waals surface area contributed by atoms with Crippen molar-refractivity contribution in [2.45, 2.75) is 20.3 Å². The number of benzene rings is 2. The number of anilines is 2. The number of esters is 1. The average molecular weight is 480 g/mol. The smallest absolute Gasteiger partial charge is 0.311 e. The van der Waals surface area contributed by atoms with Gasteiger partial charge in [-0.15, -0.1) is 0 Å². The summed E-state index contributed by atoms with van der Waals surface area (Å²) >= 11 is 9.35. The predicted molar refractivity (Wildman–Crippen MR) is 115 cm³/mol. The van der Waals surface area contributed by atoms with Crippen LogP contribution in [0.4, 0.5) is 11.4 Å². The van der Waals surface area contributed by atoms with Crippen LogP contribution in [0.25, 0.3) is 0 Å². The van der Waals surface area contributed by atoms with Crippen LogP contribution in [0.1, 0.15) is 17.5 Å². The molecule has 1 heterocycles. The Kier molecular flexibility index (Phi) is 6.59. The lowest BCUT2D eigenvalue weighted by Crippen LogP contribution is -2.28. The van der Waals surface area contributed by atoms with E-state index in [1.54, 1.807) is 23.1 Å². The average Bonchev–Trinajstić information content (AvgIpc) is 3.06. The molecular weight excluding hydrogens is 460 g/mol. The first-order valence-electron chi connectivity index (χ1n) is 9.04. The molecule has 152 valence electrons. The van der Waals surface area contributed by atoms with E-state index in [0.717, 1.165) is 21.3 Å². The second-order valence-corrected chi connectivity index (χ2v) is 8.23. The Bertz CT molecular complexity index is 979. The topological polar surface area (TPSA) is 75.7 Å². The molecule has 1 atom stereocenters. The maximum absolute atomic E-state index is 12.4. The molecule has 8 heteroatoms. The molecule has 0 radical (unpaired) electrons. The minimum Gasteiger partial charge on any atom is -0.455 e. The van der Waals surface area contributed by atoms with Crippen LogP contribution in [-0.4, -0.2) is 30.9 Å². The van der Waals surface area contributed by atoms with E-state index in [2.05, 4.69) is 21.2 Å². The van der Waals surface area contributed by atoms with Crippen molar-refractivity contribution in [3.05, 3.63) is 57.0 Å². The monoisotopic (exact) mass is 478 g/mol. The highest BCUT2D eigenvalue weighted by Crippen LogP contribution is 2.30. The van der Waals surface area contributed by atoms with E-state index in [9.17, 15) is 14.4 Å². The summed E-state index contributed by atoms with van der Waals surface area (Å²) < 4.78 is 5.91. The SMILES string of the molecule is Cc1cccc(N2C[C@@H](C(=O)OCC(=O)Nc3ccc(Br)cc3Cl)CC2=O)c1C. The Balaban J connectivity index is 1.56. The zero-order valence-electron chi connectivity index (χ0n) is 16.0. The quantitative estimate of drug-likeness (QED) is 0.651. The molecule has 3 rings (SSSR count). The van der Waals surface area contributed by atoms with Crippen LogP contribution in [0.15, 0.2) is 40.9 Å². The number of hydrogen-bond donors (Lipinski definition) is 1. The Morgan fingerprint density at radius 3 is 2.76 bits per heavy atom. The van der Waals surface area contributed by atoms with Gasteiger partial charge in [-0.3, -0.25) is 14.4 Å². The van der Waals surface area contributed by atoms with Gasteiger partial charge in [-0.25, -0.2) is 0 Å². The van der Waals surface area contributed by atoms with Gasteiger partial charge in [0, 0.05) is 23.1 Å². The van der Waals surface area contributed by atoms with Crippen molar-refractivity contribution in [1.29, 1.82) is 0 Å². The lowest BCUT2D eigenvalue weighted by Gasteiger charge is -2.20. The Labute approximate surface area is 182 Å². The first kappa shape index (κ1) is 21.3. The number of nitrogens with zero attached hydrogens (tertiary/aromatic N) is 1. The Hall–Kier alpha value is -2.38. The molecule has 0 aliphatic carbocycles. The zero-order chi connectivity index (χ0) is 21.1. The normalized spacial score (nSPS) is 16.1. The number of rotatable bonds is 5. The minimum atomic E-state index is -0.605. The number of carbonyl (C=O) groups excluding carboxylic acids is 3. The molecule has 1 N–H and O–H groups in total. The van der Waals surface area contributed by atoms with Crippen LogP contribution < -0.4 is 10.2 Å². The van der Waals surface area contributed by atoms with E-state index in [0.29, 0.717) is 10.7 Å². The third kappa shape index (κ3) is 4.97. The van der Waals surface area contributed by atoms with Crippen LogP contribution in [-0.2, 0) is 19.1 Å². The predicted octanol–water partition coefficient (Wildman–Crippen LogP) is 4.25. The van der Waals surface area contributed by atoms with Crippen LogP contribution in [0.2, 0.25) is 5.02 Å². The lowest BCUT2D eigenvalue weighted by atomic mass is 10.1. The minimum absolute atomic E-state index is 0.0619. The molecule has 0 saturated carbocycles. The van der Waals surface area contributed by atoms with Gasteiger partial charge < -0.3 is 15.0 Å². The van der Waals surface area contributed by atoms with E-state index in [4.69, 9.17) is 16.3 Å². The molecule has 1 saturated heterocycles. The highest BCUT2D eigenvalue weighted by molar-refractivity contribution is 9.10. The summed E-state index contributed by atoms with van der Waals surface area (Å²) in [5.41, 5.74) is 3.30. The summed E-state index contributed by atoms with van der Waals surface area (Å²) in [7, 11) is 0. The van der Waals surface area contributed by atoms with Crippen LogP contribution in [0.5, 0.6) is 0 Å². The molecule has 2 aromatic carbocycles. The van der Waals surface area contributed by atoms with Crippen molar-refractivity contribution < 1.29 is 19.1 Å². The fourth-order valence-corrected chi connectivity index (χ4v) is 3.88. The number of halogens is 2. The van der Waals surface area contributed by atoms with E-state index < -0.39 is 24.4 Å². The van der Waals surface area contributed by atoms with Gasteiger partial charge in [-0.1, -0.05) is 39.7 Å². The van der Waals surface area contributed by atoms with E-state index in [-0.39, 0.29) is 18.9 Å². The molecule has 29 heavy (non-hydrogen) atoms. The number of ether oxygens (including phenoxy) is 1. The van der Waals surface area contributed by atoms with Gasteiger partial charge in [-0.2, -0.15) is 0 Å². The molecular formula is C21H20BrClN2O4. The van der Waals surface area contributed by atoms with Gasteiger partial charge in [-0.05, 0) is 49.2 Å². The van der Waals surface area contributed by atoms with E-state index in [1.165, 1.54) is 0 Å². The van der Waals surface area contributed by atoms with Gasteiger partial charge in [0.1, 0.15) is 0 Å². The molecule has 2 aromatic rings. The Morgan fingerprint density at radius 1 is 1.28 bits per heavy atom. The molecule has 1 fully saturated rings. The third-order valence-electron chi connectivity index (χ3n) is 4.88. The molecule has 0 unspecified atom stereocenters. The number of hydrogen-bond acceptors (Lipinski definition) is 4. The third-order valence-corrected chi connectivity index (χ3v) is 5.68. The van der Waals surface area contributed by atoms with Gasteiger partial charge in [0.2, 0.25) is 5.91 Å². The first-order valence-corrected chi connectivity index (χ1v) is 10.2. The molecule has 1 aliphatic heterocycles. The number of carbonyl (C=O) groups is 3. The van der Waals surface area contributed by atoms with Gasteiger partial charge in [0.25, 0.3) is 5.91 Å². The lowest BCUT2D eigenvalue weighted by molar-refractivity contribution is -0.151. The largest absolute Gasteiger partial charge is 0.455 e. The molecule has 0 bridgehead atoms. The van der Waals surface area contributed by atoms with Crippen LogP contribution in [0, 0.1) is 19.8 Å². The number of amides is 2. The fourth-order valence-electron chi connectivity index (χ4n) is 3.16. The van der Waals surface area contributed by atoms with Crippen molar-refractivity contribution in [3.63, 3.8) is 0 Å². The summed E-state index contributed by atoms with van der Waals surface area (Å²) in [5.74, 6) is -1.81. The van der Waals surface area contributed by atoms with E-state index in [1.807, 2.05) is 32.0 Å². The molecule has 1 aliphatic rings. The maximum Gasteiger partial charge on any atom is 0.311 e. The summed E-state index contributed by atoms with van der Waals surface area (Å²) in [6.45, 7) is 3.71. The van der Waals surface area contributed by atoms with Crippen molar-refractivity contribution >= 4 is 56.7 Å². The number of nitrogens with one attached hydrogen (secondary N) is 1.